The number of halogens is 1. The van der Waals surface area contributed by atoms with Gasteiger partial charge in [-0.1, -0.05) is 0 Å². The molecule has 0 fully saturated rings. The van der Waals surface area contributed by atoms with Crippen LogP contribution >= 0.6 is 0 Å². The molecule has 0 aliphatic carbocycles. The Bertz CT molecular complexity index is 575. The maximum atomic E-state index is 14.2. The first-order valence-electron chi connectivity index (χ1n) is 6.40. The van der Waals surface area contributed by atoms with Crippen LogP contribution in [0, 0.1) is 17.1 Å². The van der Waals surface area contributed by atoms with Crippen molar-refractivity contribution in [2.75, 3.05) is 0 Å². The molecule has 0 aromatic heterocycles. The second kappa shape index (κ2) is 4.76. The average molecular weight is 294 g/mol. The van der Waals surface area contributed by atoms with Gasteiger partial charge in [0.2, 0.25) is 5.79 Å². The molecule has 0 N–H and O–H groups in total. The second-order valence-electron chi connectivity index (χ2n) is 6.16. The number of hydrogen-bond acceptors (Lipinski definition) is 4. The molecule has 1 unspecified atom stereocenters. The molecule has 1 heterocycles. The normalized spacial score (nSPS) is 17.6. The van der Waals surface area contributed by atoms with Gasteiger partial charge >= 0.3 is 0 Å². The van der Waals surface area contributed by atoms with Crippen molar-refractivity contribution in [1.82, 2.24) is 0 Å². The van der Waals surface area contributed by atoms with E-state index >= 15 is 0 Å². The van der Waals surface area contributed by atoms with Crippen molar-refractivity contribution in [3.05, 3.63) is 23.5 Å². The molecule has 0 spiro atoms. The zero-order chi connectivity index (χ0) is 15.1. The summed E-state index contributed by atoms with van der Waals surface area (Å²) in [5, 5.41) is 9.23. The minimum absolute atomic E-state index is 0.190. The standard InChI is InChI=1S/C14H18FNO3Si/c1-14(2)17-11-6-9(10(15)7-12(11)18-14)13(8-16)19-20(3,4)5/h6-7,13H,1-5H3/i15-1. The lowest BCUT2D eigenvalue weighted by Gasteiger charge is -2.22. The Labute approximate surface area is 119 Å². The van der Waals surface area contributed by atoms with Crippen molar-refractivity contribution in [2.45, 2.75) is 45.4 Å². The number of fused-ring (bicyclic) bond motifs is 1. The predicted octanol–water partition coefficient (Wildman–Crippen LogP) is 3.75. The predicted molar refractivity (Wildman–Crippen MR) is 74.5 cm³/mol. The van der Waals surface area contributed by atoms with E-state index in [2.05, 4.69) is 0 Å². The van der Waals surface area contributed by atoms with Crippen LogP contribution in [0.1, 0.15) is 25.5 Å². The van der Waals surface area contributed by atoms with Crippen LogP contribution in [0.4, 0.5) is 4.39 Å². The summed E-state index contributed by atoms with van der Waals surface area (Å²) in [6, 6.07) is 4.74. The third kappa shape index (κ3) is 3.11. The van der Waals surface area contributed by atoms with Gasteiger partial charge in [-0.2, -0.15) is 5.26 Å². The average Bonchev–Trinajstić information content (AvgIpc) is 2.57. The van der Waals surface area contributed by atoms with Gasteiger partial charge in [-0.15, -0.1) is 0 Å². The van der Waals surface area contributed by atoms with Crippen LogP contribution in [-0.4, -0.2) is 14.1 Å². The van der Waals surface area contributed by atoms with Crippen molar-refractivity contribution in [3.8, 4) is 17.6 Å². The van der Waals surface area contributed by atoms with Crippen molar-refractivity contribution in [2.24, 2.45) is 0 Å². The summed E-state index contributed by atoms with van der Waals surface area (Å²) in [5.74, 6) is -0.559. The Balaban J connectivity index is 2.37. The van der Waals surface area contributed by atoms with E-state index in [-0.39, 0.29) is 5.56 Å². The molecule has 0 radical (unpaired) electrons. The summed E-state index contributed by atoms with van der Waals surface area (Å²) in [6.45, 7) is 9.33. The molecule has 1 aromatic carbocycles. The fraction of sp³-hybridized carbons (Fsp3) is 0.500. The maximum absolute atomic E-state index is 14.2. The molecule has 4 nitrogen and oxygen atoms in total. The van der Waals surface area contributed by atoms with Crippen molar-refractivity contribution in [1.29, 1.82) is 5.26 Å². The highest BCUT2D eigenvalue weighted by atomic mass is 28.4. The first-order valence-corrected chi connectivity index (χ1v) is 9.81. The Kier molecular flexibility index (Phi) is 3.52. The van der Waals surface area contributed by atoms with Gasteiger partial charge in [0.15, 0.2) is 25.9 Å². The van der Waals surface area contributed by atoms with Gasteiger partial charge in [0, 0.05) is 25.5 Å². The molecule has 20 heavy (non-hydrogen) atoms. The van der Waals surface area contributed by atoms with Crippen LogP contribution in [0.25, 0.3) is 0 Å². The molecule has 108 valence electrons. The summed E-state index contributed by atoms with van der Waals surface area (Å²) < 4.78 is 30.9. The summed E-state index contributed by atoms with van der Waals surface area (Å²) in [7, 11) is -1.96. The van der Waals surface area contributed by atoms with Gasteiger partial charge < -0.3 is 13.9 Å². The zero-order valence-electron chi connectivity index (χ0n) is 12.3. The van der Waals surface area contributed by atoms with E-state index in [0.717, 1.165) is 0 Å². The molecule has 0 amide bonds. The van der Waals surface area contributed by atoms with Crippen LogP contribution in [0.2, 0.25) is 19.6 Å². The number of ether oxygens (including phenoxy) is 2. The van der Waals surface area contributed by atoms with Crippen molar-refractivity contribution < 1.29 is 18.3 Å². The SMILES string of the molecule is CC1(C)Oc2cc([18F])c(C(C#N)O[Si](C)(C)C)cc2O1. The van der Waals surface area contributed by atoms with Crippen LogP contribution in [0.15, 0.2) is 12.1 Å². The molecule has 1 aromatic rings. The molecule has 1 aliphatic rings. The van der Waals surface area contributed by atoms with Crippen LogP contribution in [0.5, 0.6) is 11.5 Å². The van der Waals surface area contributed by atoms with Crippen molar-refractivity contribution >= 4 is 8.32 Å². The highest BCUT2D eigenvalue weighted by Crippen LogP contribution is 2.42. The summed E-state index contributed by atoms with van der Waals surface area (Å²) in [6.07, 6.45) is -0.931. The van der Waals surface area contributed by atoms with E-state index in [1.165, 1.54) is 12.1 Å². The smallest absolute Gasteiger partial charge is 0.246 e. The van der Waals surface area contributed by atoms with E-state index in [1.807, 2.05) is 25.7 Å². The first kappa shape index (κ1) is 14.8. The fourth-order valence-electron chi connectivity index (χ4n) is 1.97. The molecular weight excluding hydrogens is 276 g/mol. The molecule has 1 atom stereocenters. The highest BCUT2D eigenvalue weighted by molar-refractivity contribution is 6.69. The molecular formula is C14H18FNO3Si. The van der Waals surface area contributed by atoms with Gasteiger partial charge in [-0.3, -0.25) is 0 Å². The lowest BCUT2D eigenvalue weighted by atomic mass is 10.1. The number of benzene rings is 1. The molecule has 0 bridgehead atoms. The maximum Gasteiger partial charge on any atom is 0.246 e. The van der Waals surface area contributed by atoms with E-state index in [9.17, 15) is 9.65 Å². The quantitative estimate of drug-likeness (QED) is 0.797. The minimum atomic E-state index is -1.96. The van der Waals surface area contributed by atoms with E-state index in [0.29, 0.717) is 11.5 Å². The number of rotatable bonds is 3. The molecule has 2 rings (SSSR count). The fourth-order valence-corrected chi connectivity index (χ4v) is 2.86. The topological polar surface area (TPSA) is 51.5 Å². The number of nitrogens with zero attached hydrogens (tertiary/aromatic N) is 1. The van der Waals surface area contributed by atoms with Crippen LogP contribution in [-0.2, 0) is 4.43 Å². The molecule has 1 aliphatic heterocycles. The molecule has 0 saturated heterocycles. The Morgan fingerprint density at radius 2 is 1.80 bits per heavy atom. The minimum Gasteiger partial charge on any atom is -0.449 e. The van der Waals surface area contributed by atoms with Gasteiger partial charge in [0.25, 0.3) is 0 Å². The van der Waals surface area contributed by atoms with Gasteiger partial charge in [0.05, 0.1) is 6.07 Å². The number of nitriles is 1. The Morgan fingerprint density at radius 1 is 1.25 bits per heavy atom. The largest absolute Gasteiger partial charge is 0.449 e. The third-order valence-electron chi connectivity index (χ3n) is 2.65. The van der Waals surface area contributed by atoms with Gasteiger partial charge in [-0.05, 0) is 25.7 Å². The van der Waals surface area contributed by atoms with Gasteiger partial charge in [-0.25, -0.2) is 4.39 Å². The highest BCUT2D eigenvalue weighted by Gasteiger charge is 2.34. The number of hydrogen-bond donors (Lipinski definition) is 0. The monoisotopic (exact) mass is 294 g/mol. The summed E-state index contributed by atoms with van der Waals surface area (Å²) in [4.78, 5) is 0. The lowest BCUT2D eigenvalue weighted by Crippen LogP contribution is -2.29. The first-order chi connectivity index (χ1) is 9.11. The summed E-state index contributed by atoms with van der Waals surface area (Å²) >= 11 is 0. The van der Waals surface area contributed by atoms with Crippen LogP contribution in [0.3, 0.4) is 0 Å². The Morgan fingerprint density at radius 3 is 2.30 bits per heavy atom. The lowest BCUT2D eigenvalue weighted by molar-refractivity contribution is -0.0432. The van der Waals surface area contributed by atoms with Crippen LogP contribution < -0.4 is 9.47 Å². The second-order valence-corrected chi connectivity index (χ2v) is 10.6. The van der Waals surface area contributed by atoms with Crippen molar-refractivity contribution in [3.63, 3.8) is 0 Å². The van der Waals surface area contributed by atoms with E-state index in [1.54, 1.807) is 13.8 Å². The molecule has 0 saturated carbocycles. The van der Waals surface area contributed by atoms with E-state index in [4.69, 9.17) is 13.9 Å². The summed E-state index contributed by atoms with van der Waals surface area (Å²) in [5.41, 5.74) is 0.190. The van der Waals surface area contributed by atoms with Gasteiger partial charge in [0.1, 0.15) is 5.82 Å². The van der Waals surface area contributed by atoms with E-state index < -0.39 is 26.0 Å². The Hall–Kier alpha value is -1.58. The molecule has 6 heteroatoms. The zero-order valence-corrected chi connectivity index (χ0v) is 13.3. The third-order valence-corrected chi connectivity index (χ3v) is 3.59.